The fourth-order valence-corrected chi connectivity index (χ4v) is 1.82. The quantitative estimate of drug-likeness (QED) is 0.810. The maximum absolute atomic E-state index is 4.23. The summed E-state index contributed by atoms with van der Waals surface area (Å²) >= 11 is 0. The van der Waals surface area contributed by atoms with E-state index in [0.717, 1.165) is 24.5 Å². The number of nitrogens with zero attached hydrogens (tertiary/aromatic N) is 2. The van der Waals surface area contributed by atoms with E-state index in [1.54, 1.807) is 6.20 Å². The topological polar surface area (TPSA) is 41.9 Å². The van der Waals surface area contributed by atoms with Gasteiger partial charge in [0.15, 0.2) is 0 Å². The number of benzene rings is 1. The summed E-state index contributed by atoms with van der Waals surface area (Å²) in [5.74, 6) is 0. The van der Waals surface area contributed by atoms with Crippen LogP contribution < -0.4 is 10.6 Å². The van der Waals surface area contributed by atoms with Crippen LogP contribution in [0.15, 0.2) is 42.7 Å². The summed E-state index contributed by atoms with van der Waals surface area (Å²) in [5, 5.41) is 11.1. The third kappa shape index (κ3) is 4.41. The molecule has 2 rings (SSSR count). The van der Waals surface area contributed by atoms with Crippen LogP contribution in [-0.2, 0) is 0 Å². The third-order valence-corrected chi connectivity index (χ3v) is 2.72. The molecule has 0 aliphatic heterocycles. The lowest BCUT2D eigenvalue weighted by Crippen LogP contribution is -2.38. The first kappa shape index (κ1) is 13.6. The summed E-state index contributed by atoms with van der Waals surface area (Å²) in [6.07, 6.45) is 3.73. The number of anilines is 1. The van der Waals surface area contributed by atoms with Crippen LogP contribution >= 0.6 is 0 Å². The van der Waals surface area contributed by atoms with Gasteiger partial charge in [-0.15, -0.1) is 0 Å². The number of hydrogen-bond donors (Lipinski definition) is 2. The fourth-order valence-electron chi connectivity index (χ4n) is 1.82. The fraction of sp³-hybridized carbons (Fsp3) is 0.400. The van der Waals surface area contributed by atoms with Crippen molar-refractivity contribution in [3.63, 3.8) is 0 Å². The molecule has 0 saturated carbocycles. The summed E-state index contributed by atoms with van der Waals surface area (Å²) < 4.78 is 1.86. The lowest BCUT2D eigenvalue weighted by atomic mass is 10.1. The summed E-state index contributed by atoms with van der Waals surface area (Å²) in [6.45, 7) is 8.36. The molecule has 102 valence electrons. The van der Waals surface area contributed by atoms with Crippen LogP contribution in [0.25, 0.3) is 5.69 Å². The molecule has 19 heavy (non-hydrogen) atoms. The van der Waals surface area contributed by atoms with E-state index in [-0.39, 0.29) is 5.54 Å². The maximum atomic E-state index is 4.23. The van der Waals surface area contributed by atoms with Crippen LogP contribution in [0.3, 0.4) is 0 Å². The van der Waals surface area contributed by atoms with Gasteiger partial charge in [0, 0.05) is 36.7 Å². The van der Waals surface area contributed by atoms with E-state index in [0.29, 0.717) is 0 Å². The van der Waals surface area contributed by atoms with Crippen LogP contribution in [0, 0.1) is 0 Å². The molecule has 0 atom stereocenters. The molecule has 4 nitrogen and oxygen atoms in total. The van der Waals surface area contributed by atoms with Gasteiger partial charge < -0.3 is 10.6 Å². The third-order valence-electron chi connectivity index (χ3n) is 2.72. The van der Waals surface area contributed by atoms with Crippen molar-refractivity contribution in [1.29, 1.82) is 0 Å². The van der Waals surface area contributed by atoms with E-state index in [2.05, 4.69) is 48.6 Å². The highest BCUT2D eigenvalue weighted by atomic mass is 15.3. The highest BCUT2D eigenvalue weighted by Gasteiger charge is 2.07. The lowest BCUT2D eigenvalue weighted by Gasteiger charge is -2.20. The molecule has 0 bridgehead atoms. The normalized spacial score (nSPS) is 11.5. The average molecular weight is 258 g/mol. The van der Waals surface area contributed by atoms with Gasteiger partial charge in [0.25, 0.3) is 0 Å². The minimum Gasteiger partial charge on any atom is -0.384 e. The standard InChI is InChI=1S/C15H22N4/c1-15(2,3)17-10-9-16-13-6-4-7-14(12-13)19-11-5-8-18-19/h4-8,11-12,16-17H,9-10H2,1-3H3. The van der Waals surface area contributed by atoms with Gasteiger partial charge in [-0.2, -0.15) is 5.10 Å². The van der Waals surface area contributed by atoms with E-state index < -0.39 is 0 Å². The second kappa shape index (κ2) is 5.89. The predicted octanol–water partition coefficient (Wildman–Crippen LogP) is 2.67. The summed E-state index contributed by atoms with van der Waals surface area (Å²) in [5.41, 5.74) is 2.35. The first-order valence-electron chi connectivity index (χ1n) is 6.64. The number of aromatic nitrogens is 2. The van der Waals surface area contributed by atoms with E-state index in [9.17, 15) is 0 Å². The van der Waals surface area contributed by atoms with Gasteiger partial charge in [-0.25, -0.2) is 4.68 Å². The molecule has 0 radical (unpaired) electrons. The summed E-state index contributed by atoms with van der Waals surface area (Å²) in [7, 11) is 0. The van der Waals surface area contributed by atoms with Crippen molar-refractivity contribution in [1.82, 2.24) is 15.1 Å². The van der Waals surface area contributed by atoms with Crippen molar-refractivity contribution < 1.29 is 0 Å². The molecule has 0 unspecified atom stereocenters. The zero-order chi connectivity index (χ0) is 13.7. The Morgan fingerprint density at radius 3 is 2.68 bits per heavy atom. The molecule has 0 saturated heterocycles. The molecular weight excluding hydrogens is 236 g/mol. The number of rotatable bonds is 5. The Kier molecular flexibility index (Phi) is 4.22. The van der Waals surface area contributed by atoms with Gasteiger partial charge in [0.05, 0.1) is 5.69 Å². The maximum Gasteiger partial charge on any atom is 0.0666 e. The molecule has 4 heteroatoms. The Hall–Kier alpha value is -1.81. The van der Waals surface area contributed by atoms with Crippen molar-refractivity contribution in [2.24, 2.45) is 0 Å². The van der Waals surface area contributed by atoms with Crippen LogP contribution in [-0.4, -0.2) is 28.4 Å². The first-order chi connectivity index (χ1) is 9.04. The molecule has 0 amide bonds. The van der Waals surface area contributed by atoms with Gasteiger partial charge >= 0.3 is 0 Å². The molecule has 2 aromatic rings. The molecule has 0 spiro atoms. The highest BCUT2D eigenvalue weighted by molar-refractivity contribution is 5.50. The highest BCUT2D eigenvalue weighted by Crippen LogP contribution is 2.13. The van der Waals surface area contributed by atoms with Crippen molar-refractivity contribution in [2.45, 2.75) is 26.3 Å². The smallest absolute Gasteiger partial charge is 0.0666 e. The number of hydrogen-bond acceptors (Lipinski definition) is 3. The van der Waals surface area contributed by atoms with Gasteiger partial charge in [-0.3, -0.25) is 0 Å². The second-order valence-corrected chi connectivity index (χ2v) is 5.60. The molecule has 1 heterocycles. The Labute approximate surface area is 114 Å². The van der Waals surface area contributed by atoms with Crippen LogP contribution in [0.5, 0.6) is 0 Å². The second-order valence-electron chi connectivity index (χ2n) is 5.60. The van der Waals surface area contributed by atoms with E-state index in [1.807, 2.05) is 29.1 Å². The average Bonchev–Trinajstić information content (AvgIpc) is 2.88. The molecular formula is C15H22N4. The number of nitrogens with one attached hydrogen (secondary N) is 2. The molecule has 0 fully saturated rings. The minimum atomic E-state index is 0.165. The Morgan fingerprint density at radius 1 is 1.16 bits per heavy atom. The van der Waals surface area contributed by atoms with E-state index in [4.69, 9.17) is 0 Å². The zero-order valence-electron chi connectivity index (χ0n) is 11.9. The molecule has 0 aliphatic carbocycles. The lowest BCUT2D eigenvalue weighted by molar-refractivity contribution is 0.435. The van der Waals surface area contributed by atoms with Crippen molar-refractivity contribution in [3.8, 4) is 5.69 Å². The molecule has 1 aromatic heterocycles. The van der Waals surface area contributed by atoms with Crippen molar-refractivity contribution in [3.05, 3.63) is 42.7 Å². The largest absolute Gasteiger partial charge is 0.384 e. The van der Waals surface area contributed by atoms with Crippen molar-refractivity contribution in [2.75, 3.05) is 18.4 Å². The first-order valence-corrected chi connectivity index (χ1v) is 6.64. The van der Waals surface area contributed by atoms with E-state index in [1.165, 1.54) is 0 Å². The Morgan fingerprint density at radius 2 is 2.00 bits per heavy atom. The van der Waals surface area contributed by atoms with Crippen molar-refractivity contribution >= 4 is 5.69 Å². The van der Waals surface area contributed by atoms with Gasteiger partial charge in [-0.05, 0) is 45.0 Å². The monoisotopic (exact) mass is 258 g/mol. The molecule has 2 N–H and O–H groups in total. The van der Waals surface area contributed by atoms with Crippen LogP contribution in [0.2, 0.25) is 0 Å². The van der Waals surface area contributed by atoms with Crippen LogP contribution in [0.1, 0.15) is 20.8 Å². The minimum absolute atomic E-state index is 0.165. The summed E-state index contributed by atoms with van der Waals surface area (Å²) in [6, 6.07) is 10.2. The van der Waals surface area contributed by atoms with Crippen LogP contribution in [0.4, 0.5) is 5.69 Å². The van der Waals surface area contributed by atoms with Gasteiger partial charge in [-0.1, -0.05) is 6.07 Å². The Balaban J connectivity index is 1.89. The zero-order valence-corrected chi connectivity index (χ0v) is 11.9. The van der Waals surface area contributed by atoms with Gasteiger partial charge in [0.2, 0.25) is 0 Å². The van der Waals surface area contributed by atoms with E-state index >= 15 is 0 Å². The van der Waals surface area contributed by atoms with Gasteiger partial charge in [0.1, 0.15) is 0 Å². The molecule has 0 aliphatic rings. The summed E-state index contributed by atoms with van der Waals surface area (Å²) in [4.78, 5) is 0. The predicted molar refractivity (Wildman–Crippen MR) is 79.8 cm³/mol. The SMILES string of the molecule is CC(C)(C)NCCNc1cccc(-n2cccn2)c1. The Bertz CT molecular complexity index is 497. The molecule has 1 aromatic carbocycles.